The van der Waals surface area contributed by atoms with Crippen molar-refractivity contribution in [1.29, 1.82) is 0 Å². The van der Waals surface area contributed by atoms with Gasteiger partial charge in [0.25, 0.3) is 0 Å². The Morgan fingerprint density at radius 2 is 2.27 bits per heavy atom. The largest absolute Gasteiger partial charge is 0.467 e. The smallest absolute Gasteiger partial charge is 0.345 e. The van der Waals surface area contributed by atoms with Gasteiger partial charge in [-0.25, -0.2) is 14.0 Å². The van der Waals surface area contributed by atoms with E-state index in [1.807, 2.05) is 26.0 Å². The fraction of sp³-hybridized carbons (Fsp3) is 0.600. The molecule has 0 aromatic carbocycles. The van der Waals surface area contributed by atoms with Gasteiger partial charge in [-0.3, -0.25) is 0 Å². The first-order valence-electron chi connectivity index (χ1n) is 7.22. The summed E-state index contributed by atoms with van der Waals surface area (Å²) in [5.41, 5.74) is -2.08. The molecule has 1 aromatic heterocycles. The minimum Gasteiger partial charge on any atom is -0.467 e. The summed E-state index contributed by atoms with van der Waals surface area (Å²) in [4.78, 5) is 27.3. The van der Waals surface area contributed by atoms with Crippen molar-refractivity contribution >= 4 is 23.3 Å². The number of aryl methyl sites for hydroxylation is 1. The number of likely N-dealkylation sites (tertiary alicyclic amines) is 1. The van der Waals surface area contributed by atoms with Crippen molar-refractivity contribution in [3.05, 3.63) is 21.9 Å². The van der Waals surface area contributed by atoms with Gasteiger partial charge < -0.3 is 15.0 Å². The molecule has 0 bridgehead atoms. The third kappa shape index (κ3) is 3.76. The Hall–Kier alpha value is -1.63. The van der Waals surface area contributed by atoms with E-state index in [1.54, 1.807) is 11.3 Å². The predicted octanol–water partition coefficient (Wildman–Crippen LogP) is 2.28. The van der Waals surface area contributed by atoms with Gasteiger partial charge in [-0.1, -0.05) is 0 Å². The molecule has 1 saturated heterocycles. The van der Waals surface area contributed by atoms with Crippen molar-refractivity contribution < 1.29 is 18.7 Å². The lowest BCUT2D eigenvalue weighted by Gasteiger charge is -2.21. The van der Waals surface area contributed by atoms with Crippen molar-refractivity contribution in [2.45, 2.75) is 38.4 Å². The van der Waals surface area contributed by atoms with Crippen LogP contribution in [-0.4, -0.2) is 48.8 Å². The number of amides is 2. The number of carbonyl (C=O) groups excluding carboxylic acids is 2. The number of ether oxygens (including phenoxy) is 1. The van der Waals surface area contributed by atoms with Gasteiger partial charge in [0.15, 0.2) is 0 Å². The zero-order valence-electron chi connectivity index (χ0n) is 13.0. The second kappa shape index (κ2) is 6.64. The molecule has 1 N–H and O–H groups in total. The zero-order chi connectivity index (χ0) is 16.3. The van der Waals surface area contributed by atoms with Crippen LogP contribution in [0.15, 0.2) is 12.1 Å². The molecule has 0 aliphatic carbocycles. The van der Waals surface area contributed by atoms with Crippen LogP contribution in [0.5, 0.6) is 0 Å². The summed E-state index contributed by atoms with van der Waals surface area (Å²) in [7, 11) is 1.15. The Kier molecular flexibility index (Phi) is 5.05. The number of urea groups is 1. The van der Waals surface area contributed by atoms with E-state index in [4.69, 9.17) is 0 Å². The minimum atomic E-state index is -2.08. The highest BCUT2D eigenvalue weighted by atomic mass is 32.1. The average molecular weight is 328 g/mol. The maximum atomic E-state index is 14.3. The van der Waals surface area contributed by atoms with Crippen LogP contribution in [0.3, 0.4) is 0 Å². The maximum absolute atomic E-state index is 14.3. The Morgan fingerprint density at radius 1 is 1.55 bits per heavy atom. The van der Waals surface area contributed by atoms with Gasteiger partial charge in [0.05, 0.1) is 13.7 Å². The first kappa shape index (κ1) is 16.7. The van der Waals surface area contributed by atoms with Gasteiger partial charge in [-0.2, -0.15) is 0 Å². The summed E-state index contributed by atoms with van der Waals surface area (Å²) in [6.07, 6.45) is 0.710. The molecular weight excluding hydrogens is 307 g/mol. The van der Waals surface area contributed by atoms with Crippen molar-refractivity contribution in [2.75, 3.05) is 20.2 Å². The number of esters is 1. The normalized spacial score (nSPS) is 22.5. The molecular formula is C15H21FN2O3S. The summed E-state index contributed by atoms with van der Waals surface area (Å²) in [5.74, 6) is -0.912. The lowest BCUT2D eigenvalue weighted by atomic mass is 10.1. The van der Waals surface area contributed by atoms with Crippen LogP contribution < -0.4 is 5.32 Å². The van der Waals surface area contributed by atoms with Crippen molar-refractivity contribution in [3.63, 3.8) is 0 Å². The van der Waals surface area contributed by atoms with Crippen LogP contribution in [0.2, 0.25) is 0 Å². The summed E-state index contributed by atoms with van der Waals surface area (Å²) in [6, 6.07) is 3.69. The Morgan fingerprint density at radius 3 is 2.86 bits per heavy atom. The summed E-state index contributed by atoms with van der Waals surface area (Å²) in [6.45, 7) is 3.90. The van der Waals surface area contributed by atoms with E-state index in [0.29, 0.717) is 0 Å². The monoisotopic (exact) mass is 328 g/mol. The number of rotatable bonds is 4. The SMILES string of the molecule is COC(=O)[C@]1(F)CCN(C(=O)N[C@H](C)Cc2ccc(C)s2)C1. The Labute approximate surface area is 133 Å². The third-order valence-electron chi connectivity index (χ3n) is 3.73. The Balaban J connectivity index is 1.86. The van der Waals surface area contributed by atoms with Crippen LogP contribution in [-0.2, 0) is 16.0 Å². The molecule has 0 saturated carbocycles. The van der Waals surface area contributed by atoms with Gasteiger partial charge in [-0.05, 0) is 26.0 Å². The second-order valence-electron chi connectivity index (χ2n) is 5.70. The van der Waals surface area contributed by atoms with Crippen molar-refractivity contribution in [3.8, 4) is 0 Å². The number of alkyl halides is 1. The molecule has 2 heterocycles. The summed E-state index contributed by atoms with van der Waals surface area (Å²) in [5, 5.41) is 2.85. The van der Waals surface area contributed by atoms with E-state index in [0.717, 1.165) is 13.5 Å². The molecule has 2 amide bonds. The van der Waals surface area contributed by atoms with Gasteiger partial charge in [-0.15, -0.1) is 11.3 Å². The molecule has 5 nitrogen and oxygen atoms in total. The van der Waals surface area contributed by atoms with Gasteiger partial charge >= 0.3 is 12.0 Å². The predicted molar refractivity (Wildman–Crippen MR) is 82.8 cm³/mol. The van der Waals surface area contributed by atoms with Gasteiger partial charge in [0.2, 0.25) is 5.67 Å². The number of hydrogen-bond donors (Lipinski definition) is 1. The molecule has 122 valence electrons. The molecule has 2 rings (SSSR count). The standard InChI is InChI=1S/C15H21FN2O3S/c1-10(8-12-5-4-11(2)22-12)17-14(20)18-7-6-15(16,9-18)13(19)21-3/h4-5,10H,6-9H2,1-3H3,(H,17,20)/t10-,15+/m1/s1. The fourth-order valence-corrected chi connectivity index (χ4v) is 3.56. The molecule has 0 spiro atoms. The Bertz CT molecular complexity index is 563. The minimum absolute atomic E-state index is 0.0222. The second-order valence-corrected chi connectivity index (χ2v) is 7.07. The molecule has 0 radical (unpaired) electrons. The highest BCUT2D eigenvalue weighted by Gasteiger charge is 2.47. The third-order valence-corrected chi connectivity index (χ3v) is 4.75. The van der Waals surface area contributed by atoms with Crippen LogP contribution >= 0.6 is 11.3 Å². The number of halogens is 1. The van der Waals surface area contributed by atoms with E-state index in [-0.39, 0.29) is 31.6 Å². The van der Waals surface area contributed by atoms with Crippen LogP contribution in [0, 0.1) is 6.92 Å². The highest BCUT2D eigenvalue weighted by molar-refractivity contribution is 7.11. The van der Waals surface area contributed by atoms with E-state index < -0.39 is 11.6 Å². The lowest BCUT2D eigenvalue weighted by molar-refractivity contribution is -0.153. The first-order valence-corrected chi connectivity index (χ1v) is 8.04. The molecule has 1 fully saturated rings. The molecule has 7 heteroatoms. The lowest BCUT2D eigenvalue weighted by Crippen LogP contribution is -2.46. The summed E-state index contributed by atoms with van der Waals surface area (Å²) >= 11 is 1.70. The number of methoxy groups -OCH3 is 1. The molecule has 1 aliphatic heterocycles. The number of hydrogen-bond acceptors (Lipinski definition) is 4. The van der Waals surface area contributed by atoms with E-state index in [1.165, 1.54) is 14.7 Å². The number of nitrogens with zero attached hydrogens (tertiary/aromatic N) is 1. The number of thiophene rings is 1. The van der Waals surface area contributed by atoms with E-state index in [9.17, 15) is 14.0 Å². The molecule has 2 atom stereocenters. The number of nitrogens with one attached hydrogen (secondary N) is 1. The molecule has 22 heavy (non-hydrogen) atoms. The maximum Gasteiger partial charge on any atom is 0.345 e. The van der Waals surface area contributed by atoms with Crippen LogP contribution in [0.4, 0.5) is 9.18 Å². The topological polar surface area (TPSA) is 58.6 Å². The van der Waals surface area contributed by atoms with Crippen LogP contribution in [0.25, 0.3) is 0 Å². The van der Waals surface area contributed by atoms with Crippen molar-refractivity contribution in [2.24, 2.45) is 0 Å². The van der Waals surface area contributed by atoms with Gasteiger partial charge in [0.1, 0.15) is 0 Å². The van der Waals surface area contributed by atoms with E-state index in [2.05, 4.69) is 10.1 Å². The molecule has 1 aliphatic rings. The highest BCUT2D eigenvalue weighted by Crippen LogP contribution is 2.27. The van der Waals surface area contributed by atoms with Crippen LogP contribution in [0.1, 0.15) is 23.1 Å². The summed E-state index contributed by atoms with van der Waals surface area (Å²) < 4.78 is 18.8. The van der Waals surface area contributed by atoms with Crippen molar-refractivity contribution in [1.82, 2.24) is 10.2 Å². The fourth-order valence-electron chi connectivity index (χ4n) is 2.55. The van der Waals surface area contributed by atoms with E-state index >= 15 is 0 Å². The van der Waals surface area contributed by atoms with Gasteiger partial charge in [0, 0.05) is 35.2 Å². The number of carbonyl (C=O) groups is 2. The molecule has 0 unspecified atom stereocenters. The average Bonchev–Trinajstić information content (AvgIpc) is 3.05. The quantitative estimate of drug-likeness (QED) is 0.863. The first-order chi connectivity index (χ1) is 10.3. The molecule has 1 aromatic rings. The zero-order valence-corrected chi connectivity index (χ0v) is 13.8.